The summed E-state index contributed by atoms with van der Waals surface area (Å²) in [7, 11) is 4.07. The second-order valence-corrected chi connectivity index (χ2v) is 7.77. The van der Waals surface area contributed by atoms with Gasteiger partial charge < -0.3 is 15.5 Å². The van der Waals surface area contributed by atoms with Crippen molar-refractivity contribution in [2.24, 2.45) is 0 Å². The molecule has 5 nitrogen and oxygen atoms in total. The van der Waals surface area contributed by atoms with Crippen molar-refractivity contribution in [2.75, 3.05) is 33.7 Å². The maximum atomic E-state index is 12.3. The molecule has 0 bridgehead atoms. The van der Waals surface area contributed by atoms with E-state index < -0.39 is 0 Å². The Morgan fingerprint density at radius 1 is 1.04 bits per heavy atom. The Morgan fingerprint density at radius 3 is 2.33 bits per heavy atom. The minimum Gasteiger partial charge on any atom is -0.336 e. The van der Waals surface area contributed by atoms with Crippen molar-refractivity contribution in [3.63, 3.8) is 0 Å². The number of likely N-dealkylation sites (N-methyl/N-ethyl adjacent to an activating group) is 1. The van der Waals surface area contributed by atoms with Crippen molar-refractivity contribution in [1.82, 2.24) is 20.4 Å². The summed E-state index contributed by atoms with van der Waals surface area (Å²) in [5, 5.41) is 8.08. The van der Waals surface area contributed by atoms with Gasteiger partial charge in [0.2, 0.25) is 0 Å². The van der Waals surface area contributed by atoms with Gasteiger partial charge in [0.05, 0.1) is 6.04 Å². The highest BCUT2D eigenvalue weighted by atomic mass is 32.1. The van der Waals surface area contributed by atoms with Crippen LogP contribution in [0.15, 0.2) is 41.8 Å². The molecule has 27 heavy (non-hydrogen) atoms. The third-order valence-electron chi connectivity index (χ3n) is 4.80. The van der Waals surface area contributed by atoms with E-state index in [1.54, 1.807) is 11.3 Å². The molecule has 2 aromatic rings. The Kier molecular flexibility index (Phi) is 8.78. The fourth-order valence-corrected chi connectivity index (χ4v) is 3.94. The number of nitrogens with zero attached hydrogens (tertiary/aromatic N) is 2. The van der Waals surface area contributed by atoms with E-state index in [9.17, 15) is 4.79 Å². The predicted octanol–water partition coefficient (Wildman–Crippen LogP) is 3.69. The fraction of sp³-hybridized carbons (Fsp3) is 0.476. The molecule has 6 heteroatoms. The van der Waals surface area contributed by atoms with Crippen molar-refractivity contribution in [3.8, 4) is 0 Å². The molecule has 1 atom stereocenters. The number of urea groups is 1. The normalized spacial score (nSPS) is 12.4. The summed E-state index contributed by atoms with van der Waals surface area (Å²) in [6.45, 7) is 8.42. The average molecular weight is 389 g/mol. The number of hydrogen-bond acceptors (Lipinski definition) is 4. The lowest BCUT2D eigenvalue weighted by Gasteiger charge is -2.24. The van der Waals surface area contributed by atoms with E-state index >= 15 is 0 Å². The van der Waals surface area contributed by atoms with Crippen LogP contribution in [0.5, 0.6) is 0 Å². The standard InChI is InChI=1S/C21H32N4OS/c1-5-25(6-2)16-18-11-8-7-10-17(18)14-22-21(26)23-15-19(24(3)4)20-12-9-13-27-20/h7-13,19H,5-6,14-16H2,1-4H3,(H2,22,23,26). The number of carbonyl (C=O) groups is 1. The van der Waals surface area contributed by atoms with Crippen LogP contribution in [0, 0.1) is 0 Å². The molecule has 2 amide bonds. The number of nitrogens with one attached hydrogen (secondary N) is 2. The van der Waals surface area contributed by atoms with E-state index in [0.717, 1.165) is 19.6 Å². The van der Waals surface area contributed by atoms with Gasteiger partial charge in [-0.2, -0.15) is 0 Å². The Balaban J connectivity index is 1.88. The maximum Gasteiger partial charge on any atom is 0.315 e. The lowest BCUT2D eigenvalue weighted by Crippen LogP contribution is -2.40. The minimum absolute atomic E-state index is 0.129. The summed E-state index contributed by atoms with van der Waals surface area (Å²) in [4.78, 5) is 18.1. The van der Waals surface area contributed by atoms with E-state index in [-0.39, 0.29) is 12.1 Å². The molecule has 2 N–H and O–H groups in total. The van der Waals surface area contributed by atoms with Crippen LogP contribution in [0.3, 0.4) is 0 Å². The average Bonchev–Trinajstić information content (AvgIpc) is 3.19. The Labute approximate surface area is 167 Å². The van der Waals surface area contributed by atoms with Crippen LogP contribution in [0.2, 0.25) is 0 Å². The molecule has 0 radical (unpaired) electrons. The van der Waals surface area contributed by atoms with Crippen LogP contribution in [-0.2, 0) is 13.1 Å². The van der Waals surface area contributed by atoms with Crippen molar-refractivity contribution in [2.45, 2.75) is 33.0 Å². The molecule has 2 rings (SSSR count). The van der Waals surface area contributed by atoms with Crippen molar-refractivity contribution < 1.29 is 4.79 Å². The molecule has 1 unspecified atom stereocenters. The number of amides is 2. The third kappa shape index (κ3) is 6.65. The lowest BCUT2D eigenvalue weighted by molar-refractivity contribution is 0.233. The van der Waals surface area contributed by atoms with Gasteiger partial charge in [-0.1, -0.05) is 44.2 Å². The quantitative estimate of drug-likeness (QED) is 0.653. The zero-order valence-corrected chi connectivity index (χ0v) is 17.7. The van der Waals surface area contributed by atoms with E-state index in [0.29, 0.717) is 13.1 Å². The molecule has 0 spiro atoms. The first kappa shape index (κ1) is 21.4. The van der Waals surface area contributed by atoms with Gasteiger partial charge in [0, 0.05) is 24.5 Å². The van der Waals surface area contributed by atoms with Crippen LogP contribution in [0.4, 0.5) is 4.79 Å². The van der Waals surface area contributed by atoms with Gasteiger partial charge in [-0.3, -0.25) is 4.90 Å². The first-order valence-electron chi connectivity index (χ1n) is 9.55. The molecule has 1 heterocycles. The van der Waals surface area contributed by atoms with Crippen molar-refractivity contribution in [3.05, 3.63) is 57.8 Å². The Hall–Kier alpha value is -1.89. The predicted molar refractivity (Wildman–Crippen MR) is 114 cm³/mol. The van der Waals surface area contributed by atoms with Crippen LogP contribution < -0.4 is 10.6 Å². The van der Waals surface area contributed by atoms with E-state index in [4.69, 9.17) is 0 Å². The summed E-state index contributed by atoms with van der Waals surface area (Å²) in [5.74, 6) is 0. The first-order valence-corrected chi connectivity index (χ1v) is 10.4. The largest absolute Gasteiger partial charge is 0.336 e. The zero-order valence-electron chi connectivity index (χ0n) is 16.9. The van der Waals surface area contributed by atoms with E-state index in [1.807, 2.05) is 26.2 Å². The van der Waals surface area contributed by atoms with E-state index in [1.165, 1.54) is 16.0 Å². The SMILES string of the molecule is CCN(CC)Cc1ccccc1CNC(=O)NCC(c1cccs1)N(C)C. The van der Waals surface area contributed by atoms with Gasteiger partial charge in [-0.25, -0.2) is 4.79 Å². The molecule has 148 valence electrons. The molecule has 0 saturated carbocycles. The summed E-state index contributed by atoms with van der Waals surface area (Å²) in [5.41, 5.74) is 2.44. The molecule has 1 aromatic heterocycles. The second-order valence-electron chi connectivity index (χ2n) is 6.79. The molecule has 0 fully saturated rings. The number of rotatable bonds is 10. The van der Waals surface area contributed by atoms with Crippen LogP contribution in [-0.4, -0.2) is 49.6 Å². The molecule has 0 aliphatic heterocycles. The molecular formula is C21H32N4OS. The van der Waals surface area contributed by atoms with Crippen LogP contribution >= 0.6 is 11.3 Å². The highest BCUT2D eigenvalue weighted by Gasteiger charge is 2.16. The molecule has 1 aromatic carbocycles. The van der Waals surface area contributed by atoms with Gasteiger partial charge >= 0.3 is 6.03 Å². The maximum absolute atomic E-state index is 12.3. The molecule has 0 saturated heterocycles. The monoisotopic (exact) mass is 388 g/mol. The molecular weight excluding hydrogens is 356 g/mol. The summed E-state index contributed by atoms with van der Waals surface area (Å²) >= 11 is 1.72. The van der Waals surface area contributed by atoms with Gasteiger partial charge in [-0.15, -0.1) is 11.3 Å². The number of carbonyl (C=O) groups excluding carboxylic acids is 1. The number of benzene rings is 1. The van der Waals surface area contributed by atoms with Crippen LogP contribution in [0.1, 0.15) is 35.9 Å². The Bertz CT molecular complexity index is 683. The zero-order chi connectivity index (χ0) is 19.6. The smallest absolute Gasteiger partial charge is 0.315 e. The topological polar surface area (TPSA) is 47.6 Å². The van der Waals surface area contributed by atoms with Gasteiger partial charge in [0.25, 0.3) is 0 Å². The summed E-state index contributed by atoms with van der Waals surface area (Å²) in [6.07, 6.45) is 0. The highest BCUT2D eigenvalue weighted by Crippen LogP contribution is 2.22. The van der Waals surface area contributed by atoms with Crippen molar-refractivity contribution in [1.29, 1.82) is 0 Å². The summed E-state index contributed by atoms with van der Waals surface area (Å²) < 4.78 is 0. The number of thiophene rings is 1. The van der Waals surface area contributed by atoms with Gasteiger partial charge in [0.15, 0.2) is 0 Å². The second kappa shape index (κ2) is 11.1. The highest BCUT2D eigenvalue weighted by molar-refractivity contribution is 7.10. The van der Waals surface area contributed by atoms with Crippen LogP contribution in [0.25, 0.3) is 0 Å². The molecule has 0 aliphatic carbocycles. The fourth-order valence-electron chi connectivity index (χ4n) is 3.02. The third-order valence-corrected chi connectivity index (χ3v) is 5.77. The minimum atomic E-state index is -0.129. The van der Waals surface area contributed by atoms with Gasteiger partial charge in [0.1, 0.15) is 0 Å². The first-order chi connectivity index (χ1) is 13.0. The van der Waals surface area contributed by atoms with Gasteiger partial charge in [-0.05, 0) is 49.8 Å². The summed E-state index contributed by atoms with van der Waals surface area (Å²) in [6, 6.07) is 12.5. The van der Waals surface area contributed by atoms with Crippen molar-refractivity contribution >= 4 is 17.4 Å². The number of hydrogen-bond donors (Lipinski definition) is 2. The van der Waals surface area contributed by atoms with E-state index in [2.05, 4.69) is 63.9 Å². The lowest BCUT2D eigenvalue weighted by atomic mass is 10.1. The Morgan fingerprint density at radius 2 is 1.74 bits per heavy atom. The molecule has 0 aliphatic rings.